The maximum absolute atomic E-state index is 5.99. The number of rotatable bonds is 5. The van der Waals surface area contributed by atoms with Gasteiger partial charge >= 0.3 is 0 Å². The Bertz CT molecular complexity index is 331. The van der Waals surface area contributed by atoms with Crippen molar-refractivity contribution >= 4 is 23.2 Å². The lowest BCUT2D eigenvalue weighted by molar-refractivity contribution is 0.146. The lowest BCUT2D eigenvalue weighted by atomic mass is 10.2. The van der Waals surface area contributed by atoms with Crippen LogP contribution in [0.5, 0.6) is 5.75 Å². The molecule has 0 aliphatic heterocycles. The summed E-state index contributed by atoms with van der Waals surface area (Å²) < 4.78 is 10.3. The maximum Gasteiger partial charge on any atom is 0.142 e. The monoisotopic (exact) mass is 249 g/mol. The average Bonchev–Trinajstić information content (AvgIpc) is 2.20. The highest BCUT2D eigenvalue weighted by molar-refractivity contribution is 6.35. The average molecular weight is 250 g/mol. The molecule has 1 aromatic carbocycles. The summed E-state index contributed by atoms with van der Waals surface area (Å²) in [6.07, 6.45) is 0. The Labute approximate surface area is 99.1 Å². The Morgan fingerprint density at radius 2 is 2.00 bits per heavy atom. The Balaban J connectivity index is 2.84. The van der Waals surface area contributed by atoms with E-state index in [-0.39, 0.29) is 0 Å². The van der Waals surface area contributed by atoms with Gasteiger partial charge in [-0.05, 0) is 12.1 Å². The SMILES string of the molecule is COCCOc1c(Cl)cc(Cl)cc1CN. The van der Waals surface area contributed by atoms with Gasteiger partial charge in [-0.3, -0.25) is 0 Å². The molecule has 0 spiro atoms. The second kappa shape index (κ2) is 6.18. The summed E-state index contributed by atoms with van der Waals surface area (Å²) >= 11 is 11.8. The number of ether oxygens (including phenoxy) is 2. The molecule has 0 saturated carbocycles. The molecule has 0 amide bonds. The maximum atomic E-state index is 5.99. The highest BCUT2D eigenvalue weighted by Crippen LogP contribution is 2.32. The van der Waals surface area contributed by atoms with Crippen molar-refractivity contribution in [1.29, 1.82) is 0 Å². The van der Waals surface area contributed by atoms with Crippen molar-refractivity contribution < 1.29 is 9.47 Å². The van der Waals surface area contributed by atoms with Crippen LogP contribution in [0.1, 0.15) is 5.56 Å². The molecular weight excluding hydrogens is 237 g/mol. The number of methoxy groups -OCH3 is 1. The minimum atomic E-state index is 0.336. The molecule has 0 radical (unpaired) electrons. The summed E-state index contributed by atoms with van der Waals surface area (Å²) in [5.41, 5.74) is 6.36. The van der Waals surface area contributed by atoms with Crippen LogP contribution >= 0.6 is 23.2 Å². The van der Waals surface area contributed by atoms with Crippen molar-refractivity contribution in [2.75, 3.05) is 20.3 Å². The molecule has 2 N–H and O–H groups in total. The largest absolute Gasteiger partial charge is 0.489 e. The molecule has 0 heterocycles. The van der Waals surface area contributed by atoms with Crippen LogP contribution in [-0.2, 0) is 11.3 Å². The van der Waals surface area contributed by atoms with Gasteiger partial charge in [0.15, 0.2) is 0 Å². The van der Waals surface area contributed by atoms with E-state index in [9.17, 15) is 0 Å². The minimum Gasteiger partial charge on any atom is -0.489 e. The van der Waals surface area contributed by atoms with Crippen molar-refractivity contribution in [3.63, 3.8) is 0 Å². The predicted molar refractivity (Wildman–Crippen MR) is 61.7 cm³/mol. The Morgan fingerprint density at radius 3 is 2.60 bits per heavy atom. The lowest BCUT2D eigenvalue weighted by Crippen LogP contribution is -2.08. The van der Waals surface area contributed by atoms with Gasteiger partial charge in [0.1, 0.15) is 12.4 Å². The molecule has 84 valence electrons. The fourth-order valence-electron chi connectivity index (χ4n) is 1.15. The molecular formula is C10H13Cl2NO2. The molecule has 3 nitrogen and oxygen atoms in total. The molecule has 5 heteroatoms. The van der Waals surface area contributed by atoms with Crippen LogP contribution in [0.4, 0.5) is 0 Å². The van der Waals surface area contributed by atoms with Gasteiger partial charge in [-0.15, -0.1) is 0 Å². The second-order valence-electron chi connectivity index (χ2n) is 2.92. The van der Waals surface area contributed by atoms with E-state index in [4.69, 9.17) is 38.4 Å². The number of halogens is 2. The van der Waals surface area contributed by atoms with Gasteiger partial charge in [0.2, 0.25) is 0 Å². The molecule has 0 aliphatic carbocycles. The number of hydrogen-bond donors (Lipinski definition) is 1. The first-order valence-corrected chi connectivity index (χ1v) is 5.24. The quantitative estimate of drug-likeness (QED) is 0.816. The number of nitrogens with two attached hydrogens (primary N) is 1. The summed E-state index contributed by atoms with van der Waals surface area (Å²) in [4.78, 5) is 0. The molecule has 1 aromatic rings. The predicted octanol–water partition coefficient (Wildman–Crippen LogP) is 2.48. The molecule has 0 fully saturated rings. The molecule has 0 aliphatic rings. The number of hydrogen-bond acceptors (Lipinski definition) is 3. The third kappa shape index (κ3) is 3.54. The fourth-order valence-corrected chi connectivity index (χ4v) is 1.74. The molecule has 0 atom stereocenters. The minimum absolute atomic E-state index is 0.336. The summed E-state index contributed by atoms with van der Waals surface area (Å²) in [5.74, 6) is 0.584. The van der Waals surface area contributed by atoms with Gasteiger partial charge in [-0.1, -0.05) is 23.2 Å². The summed E-state index contributed by atoms with van der Waals surface area (Å²) in [6, 6.07) is 3.37. The summed E-state index contributed by atoms with van der Waals surface area (Å²) in [7, 11) is 1.61. The van der Waals surface area contributed by atoms with E-state index in [1.165, 1.54) is 0 Å². The third-order valence-corrected chi connectivity index (χ3v) is 2.34. The van der Waals surface area contributed by atoms with Crippen LogP contribution in [0.3, 0.4) is 0 Å². The smallest absolute Gasteiger partial charge is 0.142 e. The Kier molecular flexibility index (Phi) is 5.19. The van der Waals surface area contributed by atoms with Crippen molar-refractivity contribution in [3.8, 4) is 5.75 Å². The van der Waals surface area contributed by atoms with Crippen LogP contribution in [0.15, 0.2) is 12.1 Å². The zero-order chi connectivity index (χ0) is 11.3. The second-order valence-corrected chi connectivity index (χ2v) is 3.76. The third-order valence-electron chi connectivity index (χ3n) is 1.84. The van der Waals surface area contributed by atoms with E-state index in [0.717, 1.165) is 5.56 Å². The van der Waals surface area contributed by atoms with Crippen LogP contribution in [0, 0.1) is 0 Å². The molecule has 0 saturated heterocycles. The normalized spacial score (nSPS) is 10.4. The first kappa shape index (κ1) is 12.6. The van der Waals surface area contributed by atoms with E-state index in [1.807, 2.05) is 0 Å². The molecule has 15 heavy (non-hydrogen) atoms. The lowest BCUT2D eigenvalue weighted by Gasteiger charge is -2.12. The zero-order valence-electron chi connectivity index (χ0n) is 8.43. The van der Waals surface area contributed by atoms with E-state index in [2.05, 4.69) is 0 Å². The Hall–Kier alpha value is -0.480. The molecule has 1 rings (SSSR count). The van der Waals surface area contributed by atoms with Crippen molar-refractivity contribution in [3.05, 3.63) is 27.7 Å². The Morgan fingerprint density at radius 1 is 1.27 bits per heavy atom. The number of benzene rings is 1. The zero-order valence-corrected chi connectivity index (χ0v) is 9.94. The van der Waals surface area contributed by atoms with Gasteiger partial charge in [-0.2, -0.15) is 0 Å². The van der Waals surface area contributed by atoms with Gasteiger partial charge in [0.25, 0.3) is 0 Å². The highest BCUT2D eigenvalue weighted by atomic mass is 35.5. The van der Waals surface area contributed by atoms with Gasteiger partial charge in [-0.25, -0.2) is 0 Å². The van der Waals surface area contributed by atoms with E-state index in [0.29, 0.717) is 35.6 Å². The van der Waals surface area contributed by atoms with E-state index >= 15 is 0 Å². The van der Waals surface area contributed by atoms with Crippen LogP contribution < -0.4 is 10.5 Å². The van der Waals surface area contributed by atoms with Gasteiger partial charge in [0, 0.05) is 24.2 Å². The van der Waals surface area contributed by atoms with Crippen molar-refractivity contribution in [2.24, 2.45) is 5.73 Å². The fraction of sp³-hybridized carbons (Fsp3) is 0.400. The topological polar surface area (TPSA) is 44.5 Å². The summed E-state index contributed by atoms with van der Waals surface area (Å²) in [5, 5.41) is 1.03. The van der Waals surface area contributed by atoms with Gasteiger partial charge in [0.05, 0.1) is 11.6 Å². The molecule has 0 aromatic heterocycles. The van der Waals surface area contributed by atoms with Crippen molar-refractivity contribution in [2.45, 2.75) is 6.54 Å². The van der Waals surface area contributed by atoms with Gasteiger partial charge < -0.3 is 15.2 Å². The van der Waals surface area contributed by atoms with Crippen molar-refractivity contribution in [1.82, 2.24) is 0 Å². The molecule has 0 bridgehead atoms. The standard InChI is InChI=1S/C10H13Cl2NO2/c1-14-2-3-15-10-7(6-13)4-8(11)5-9(10)12/h4-5H,2-3,6,13H2,1H3. The van der Waals surface area contributed by atoms with Crippen LogP contribution in [0.2, 0.25) is 10.0 Å². The highest BCUT2D eigenvalue weighted by Gasteiger charge is 2.09. The first-order valence-electron chi connectivity index (χ1n) is 4.48. The van der Waals surface area contributed by atoms with Crippen LogP contribution in [0.25, 0.3) is 0 Å². The summed E-state index contributed by atoms with van der Waals surface area (Å²) in [6.45, 7) is 1.27. The van der Waals surface area contributed by atoms with E-state index in [1.54, 1.807) is 19.2 Å². The first-order chi connectivity index (χ1) is 7.19. The van der Waals surface area contributed by atoms with E-state index < -0.39 is 0 Å². The molecule has 0 unspecified atom stereocenters. The van der Waals surface area contributed by atoms with Crippen LogP contribution in [-0.4, -0.2) is 20.3 Å².